The first-order valence-electron chi connectivity index (χ1n) is 6.48. The monoisotopic (exact) mass is 297 g/mol. The molecule has 1 aliphatic heterocycles. The fraction of sp³-hybridized carbons (Fsp3) is 0.462. The molecule has 1 fully saturated rings. The van der Waals surface area contributed by atoms with Gasteiger partial charge in [0.15, 0.2) is 0 Å². The lowest BCUT2D eigenvalue weighted by Gasteiger charge is -2.17. The van der Waals surface area contributed by atoms with Crippen LogP contribution in [-0.2, 0) is 14.8 Å². The Morgan fingerprint density at radius 1 is 1.30 bits per heavy atom. The van der Waals surface area contributed by atoms with Crippen molar-refractivity contribution in [3.63, 3.8) is 0 Å². The van der Waals surface area contributed by atoms with Crippen molar-refractivity contribution in [3.8, 4) is 0 Å². The quantitative estimate of drug-likeness (QED) is 0.773. The zero-order valence-electron chi connectivity index (χ0n) is 11.5. The Balaban J connectivity index is 2.15. The second kappa shape index (κ2) is 5.80. The molecule has 20 heavy (non-hydrogen) atoms. The molecular formula is C13H19N3O3S. The minimum absolute atomic E-state index is 0.0924. The first-order chi connectivity index (χ1) is 9.37. The molecule has 0 aromatic heterocycles. The van der Waals surface area contributed by atoms with Crippen LogP contribution in [0.2, 0.25) is 0 Å². The highest BCUT2D eigenvalue weighted by Crippen LogP contribution is 2.24. The van der Waals surface area contributed by atoms with Gasteiger partial charge in [0.2, 0.25) is 15.9 Å². The maximum absolute atomic E-state index is 12.2. The molecule has 3 N–H and O–H groups in total. The molecule has 2 unspecified atom stereocenters. The Hall–Kier alpha value is -1.60. The third kappa shape index (κ3) is 3.71. The molecule has 0 radical (unpaired) electrons. The predicted molar refractivity (Wildman–Crippen MR) is 79.1 cm³/mol. The Bertz CT molecular complexity index is 601. The summed E-state index contributed by atoms with van der Waals surface area (Å²) in [4.78, 5) is 12.2. The van der Waals surface area contributed by atoms with Crippen LogP contribution in [0.15, 0.2) is 24.3 Å². The van der Waals surface area contributed by atoms with Gasteiger partial charge in [-0.05, 0) is 32.0 Å². The van der Waals surface area contributed by atoms with Crippen LogP contribution < -0.4 is 15.4 Å². The lowest BCUT2D eigenvalue weighted by atomic mass is 10.0. The Morgan fingerprint density at radius 2 is 1.95 bits per heavy atom. The van der Waals surface area contributed by atoms with E-state index in [9.17, 15) is 13.2 Å². The second-order valence-electron chi connectivity index (χ2n) is 5.05. The topological polar surface area (TPSA) is 87.3 Å². The van der Waals surface area contributed by atoms with Gasteiger partial charge in [-0.2, -0.15) is 0 Å². The second-order valence-corrected chi connectivity index (χ2v) is 6.80. The van der Waals surface area contributed by atoms with Crippen LogP contribution >= 0.6 is 0 Å². The number of benzene rings is 1. The largest absolute Gasteiger partial charge is 0.324 e. The highest BCUT2D eigenvalue weighted by Gasteiger charge is 2.29. The standard InChI is InChI=1S/C13H19N3O3S/c1-9-10(7-8-14-9)13(17)15-11-5-3-4-6-12(11)16-20(2,18)19/h3-6,9-10,14,16H,7-8H2,1-2H3,(H,15,17). The normalized spacial score (nSPS) is 22.5. The van der Waals surface area contributed by atoms with Gasteiger partial charge in [0.05, 0.1) is 23.5 Å². The first-order valence-corrected chi connectivity index (χ1v) is 8.37. The summed E-state index contributed by atoms with van der Waals surface area (Å²) in [6.07, 6.45) is 1.86. The van der Waals surface area contributed by atoms with Gasteiger partial charge >= 0.3 is 0 Å². The fourth-order valence-electron chi connectivity index (χ4n) is 2.32. The van der Waals surface area contributed by atoms with Gasteiger partial charge < -0.3 is 10.6 Å². The van der Waals surface area contributed by atoms with E-state index in [4.69, 9.17) is 0 Å². The molecule has 1 aromatic rings. The summed E-state index contributed by atoms with van der Waals surface area (Å²) in [6.45, 7) is 2.79. The van der Waals surface area contributed by atoms with Crippen LogP contribution in [-0.4, -0.2) is 33.2 Å². The van der Waals surface area contributed by atoms with Crippen LogP contribution in [0.5, 0.6) is 0 Å². The summed E-state index contributed by atoms with van der Waals surface area (Å²) in [5.74, 6) is -0.188. The number of amides is 1. The Morgan fingerprint density at radius 3 is 2.50 bits per heavy atom. The summed E-state index contributed by atoms with van der Waals surface area (Å²) in [5.41, 5.74) is 0.851. The van der Waals surface area contributed by atoms with Crippen LogP contribution in [0.4, 0.5) is 11.4 Å². The van der Waals surface area contributed by atoms with E-state index in [0.717, 1.165) is 19.2 Å². The summed E-state index contributed by atoms with van der Waals surface area (Å²) < 4.78 is 25.0. The van der Waals surface area contributed by atoms with Crippen molar-refractivity contribution in [1.82, 2.24) is 5.32 Å². The number of anilines is 2. The number of carbonyl (C=O) groups is 1. The SMILES string of the molecule is CC1NCCC1C(=O)Nc1ccccc1NS(C)(=O)=O. The van der Waals surface area contributed by atoms with Crippen LogP contribution in [0.25, 0.3) is 0 Å². The van der Waals surface area contributed by atoms with E-state index in [-0.39, 0.29) is 17.9 Å². The molecule has 1 amide bonds. The van der Waals surface area contributed by atoms with Gasteiger partial charge in [0, 0.05) is 6.04 Å². The number of nitrogens with one attached hydrogen (secondary N) is 3. The van der Waals surface area contributed by atoms with Crippen molar-refractivity contribution in [2.45, 2.75) is 19.4 Å². The van der Waals surface area contributed by atoms with Crippen molar-refractivity contribution in [3.05, 3.63) is 24.3 Å². The lowest BCUT2D eigenvalue weighted by Crippen LogP contribution is -2.32. The number of sulfonamides is 1. The van der Waals surface area contributed by atoms with E-state index >= 15 is 0 Å². The molecule has 1 aliphatic rings. The number of rotatable bonds is 4. The van der Waals surface area contributed by atoms with E-state index in [2.05, 4.69) is 15.4 Å². The molecule has 1 aromatic carbocycles. The number of carbonyl (C=O) groups excluding carboxylic acids is 1. The minimum Gasteiger partial charge on any atom is -0.324 e. The maximum Gasteiger partial charge on any atom is 0.229 e. The lowest BCUT2D eigenvalue weighted by molar-refractivity contribution is -0.119. The van der Waals surface area contributed by atoms with Crippen molar-refractivity contribution in [2.24, 2.45) is 5.92 Å². The minimum atomic E-state index is -3.38. The number of para-hydroxylation sites is 2. The van der Waals surface area contributed by atoms with Gasteiger partial charge in [-0.15, -0.1) is 0 Å². The van der Waals surface area contributed by atoms with E-state index in [1.165, 1.54) is 0 Å². The molecule has 1 heterocycles. The Labute approximate surface area is 119 Å². The zero-order valence-corrected chi connectivity index (χ0v) is 12.3. The maximum atomic E-state index is 12.2. The summed E-state index contributed by atoms with van der Waals surface area (Å²) >= 11 is 0. The van der Waals surface area contributed by atoms with Crippen LogP contribution in [0, 0.1) is 5.92 Å². The third-order valence-electron chi connectivity index (χ3n) is 3.34. The molecule has 110 valence electrons. The summed E-state index contributed by atoms with van der Waals surface area (Å²) in [5, 5.41) is 6.02. The molecule has 0 aliphatic carbocycles. The van der Waals surface area contributed by atoms with Crippen molar-refractivity contribution in [2.75, 3.05) is 22.8 Å². The summed E-state index contributed by atoms with van der Waals surface area (Å²) in [7, 11) is -3.38. The van der Waals surface area contributed by atoms with E-state index in [0.29, 0.717) is 11.4 Å². The molecular weight excluding hydrogens is 278 g/mol. The molecule has 6 nitrogen and oxygen atoms in total. The van der Waals surface area contributed by atoms with Crippen LogP contribution in [0.3, 0.4) is 0 Å². The molecule has 1 saturated heterocycles. The van der Waals surface area contributed by atoms with Crippen molar-refractivity contribution >= 4 is 27.3 Å². The summed E-state index contributed by atoms with van der Waals surface area (Å²) in [6, 6.07) is 6.89. The molecule has 2 rings (SSSR count). The van der Waals surface area contributed by atoms with Crippen LogP contribution in [0.1, 0.15) is 13.3 Å². The van der Waals surface area contributed by atoms with Crippen molar-refractivity contribution < 1.29 is 13.2 Å². The Kier molecular flexibility index (Phi) is 4.29. The fourth-order valence-corrected chi connectivity index (χ4v) is 2.90. The van der Waals surface area contributed by atoms with Crippen molar-refractivity contribution in [1.29, 1.82) is 0 Å². The molecule has 0 saturated carbocycles. The molecule has 0 spiro atoms. The smallest absolute Gasteiger partial charge is 0.229 e. The average Bonchev–Trinajstić information content (AvgIpc) is 2.76. The highest BCUT2D eigenvalue weighted by molar-refractivity contribution is 7.92. The van der Waals surface area contributed by atoms with Gasteiger partial charge in [0.25, 0.3) is 0 Å². The predicted octanol–water partition coefficient (Wildman–Crippen LogP) is 0.995. The van der Waals surface area contributed by atoms with E-state index < -0.39 is 10.0 Å². The molecule has 2 atom stereocenters. The van der Waals surface area contributed by atoms with E-state index in [1.807, 2.05) is 6.92 Å². The van der Waals surface area contributed by atoms with Gasteiger partial charge in [0.1, 0.15) is 0 Å². The van der Waals surface area contributed by atoms with Gasteiger partial charge in [-0.25, -0.2) is 8.42 Å². The molecule has 0 bridgehead atoms. The molecule has 7 heteroatoms. The number of hydrogen-bond acceptors (Lipinski definition) is 4. The highest BCUT2D eigenvalue weighted by atomic mass is 32.2. The van der Waals surface area contributed by atoms with Gasteiger partial charge in [-0.1, -0.05) is 12.1 Å². The zero-order chi connectivity index (χ0) is 14.8. The van der Waals surface area contributed by atoms with Gasteiger partial charge in [-0.3, -0.25) is 9.52 Å². The number of hydrogen-bond donors (Lipinski definition) is 3. The third-order valence-corrected chi connectivity index (χ3v) is 3.93. The average molecular weight is 297 g/mol. The first kappa shape index (κ1) is 14.8. The van der Waals surface area contributed by atoms with E-state index in [1.54, 1.807) is 24.3 Å².